The number of benzene rings is 1. The number of aliphatic hydroxyl groups is 2. The molecule has 0 bridgehead atoms. The number of aryl methyl sites for hydroxylation is 1. The van der Waals surface area contributed by atoms with E-state index in [9.17, 15) is 19.8 Å². The van der Waals surface area contributed by atoms with Crippen LogP contribution >= 0.6 is 0 Å². The zero-order valence-electron chi connectivity index (χ0n) is 17.1. The molecule has 0 spiro atoms. The molecule has 2 N–H and O–H groups in total. The van der Waals surface area contributed by atoms with E-state index in [1.54, 1.807) is 19.1 Å². The molecule has 1 saturated heterocycles. The lowest BCUT2D eigenvalue weighted by atomic mass is 9.93. The number of likely N-dealkylation sites (tertiary alicyclic amines) is 1. The summed E-state index contributed by atoms with van der Waals surface area (Å²) in [6.07, 6.45) is 0.665. The van der Waals surface area contributed by atoms with Crippen LogP contribution in [0.5, 0.6) is 0 Å². The van der Waals surface area contributed by atoms with E-state index in [2.05, 4.69) is 18.8 Å². The number of ketones is 1. The Kier molecular flexibility index (Phi) is 5.84. The monoisotopic (exact) mass is 394 g/mol. The smallest absolute Gasteiger partial charge is 0.295 e. The van der Waals surface area contributed by atoms with Gasteiger partial charge in [0.2, 0.25) is 0 Å². The van der Waals surface area contributed by atoms with Gasteiger partial charge in [0.15, 0.2) is 0 Å². The summed E-state index contributed by atoms with van der Waals surface area (Å²) in [6.45, 7) is 7.53. The molecule has 3 rings (SSSR count). The molecule has 2 heterocycles. The molecular formula is C23H26N2O4. The zero-order chi connectivity index (χ0) is 21.3. The lowest BCUT2D eigenvalue weighted by Gasteiger charge is -2.26. The van der Waals surface area contributed by atoms with Crippen LogP contribution in [-0.4, -0.2) is 44.4 Å². The number of rotatable bonds is 5. The first-order valence-corrected chi connectivity index (χ1v) is 9.70. The van der Waals surface area contributed by atoms with Gasteiger partial charge in [-0.2, -0.15) is 0 Å². The van der Waals surface area contributed by atoms with E-state index < -0.39 is 23.8 Å². The number of pyridine rings is 1. The number of nitrogens with zero attached hydrogens (tertiary/aromatic N) is 2. The van der Waals surface area contributed by atoms with Crippen LogP contribution in [0, 0.1) is 6.92 Å². The standard InChI is InChI=1S/C23H26N2O4/c1-13(2)16-7-9-17(10-8-16)20-19(21(27)18-6-5-14(3)24-11-18)22(28)23(29)25(20)12-15(4)26/h5-11,13,15,20,26-27H,12H2,1-4H3/t15-,20-/m0/s1. The van der Waals surface area contributed by atoms with E-state index in [1.165, 1.54) is 11.1 Å². The molecule has 6 heteroatoms. The third-order valence-corrected chi connectivity index (χ3v) is 5.10. The molecule has 0 radical (unpaired) electrons. The molecule has 2 aromatic rings. The van der Waals surface area contributed by atoms with Gasteiger partial charge in [-0.3, -0.25) is 14.6 Å². The minimum absolute atomic E-state index is 0.00982. The van der Waals surface area contributed by atoms with Crippen LogP contribution < -0.4 is 0 Å². The maximum absolute atomic E-state index is 12.8. The number of aromatic nitrogens is 1. The molecule has 1 aromatic heterocycles. The summed E-state index contributed by atoms with van der Waals surface area (Å²) in [4.78, 5) is 31.0. The molecular weight excluding hydrogens is 368 g/mol. The highest BCUT2D eigenvalue weighted by atomic mass is 16.3. The Morgan fingerprint density at radius 3 is 2.28 bits per heavy atom. The third kappa shape index (κ3) is 4.07. The van der Waals surface area contributed by atoms with Crippen molar-refractivity contribution in [1.82, 2.24) is 9.88 Å². The van der Waals surface area contributed by atoms with Gasteiger partial charge in [0.25, 0.3) is 11.7 Å². The van der Waals surface area contributed by atoms with Crippen molar-refractivity contribution in [3.05, 3.63) is 70.6 Å². The van der Waals surface area contributed by atoms with Crippen molar-refractivity contribution >= 4 is 17.4 Å². The first-order valence-electron chi connectivity index (χ1n) is 9.70. The lowest BCUT2D eigenvalue weighted by Crippen LogP contribution is -2.35. The Labute approximate surface area is 170 Å². The highest BCUT2D eigenvalue weighted by Crippen LogP contribution is 2.39. The number of β-amino-alcohol motifs (C(OH)–C–C–N with tert-alkyl or cyclic N) is 1. The molecule has 0 unspecified atom stereocenters. The highest BCUT2D eigenvalue weighted by Gasteiger charge is 2.46. The van der Waals surface area contributed by atoms with Crippen molar-refractivity contribution in [2.75, 3.05) is 6.54 Å². The molecule has 0 saturated carbocycles. The average molecular weight is 394 g/mol. The fraction of sp³-hybridized carbons (Fsp3) is 0.348. The van der Waals surface area contributed by atoms with Gasteiger partial charge in [-0.05, 0) is 43.0 Å². The average Bonchev–Trinajstić information content (AvgIpc) is 2.92. The van der Waals surface area contributed by atoms with Gasteiger partial charge >= 0.3 is 0 Å². The predicted octanol–water partition coefficient (Wildman–Crippen LogP) is 3.32. The minimum atomic E-state index is -0.813. The van der Waals surface area contributed by atoms with E-state index in [0.29, 0.717) is 17.0 Å². The van der Waals surface area contributed by atoms with Crippen molar-refractivity contribution in [3.8, 4) is 0 Å². The number of hydrogen-bond acceptors (Lipinski definition) is 5. The number of aliphatic hydroxyl groups excluding tert-OH is 2. The molecule has 1 aliphatic heterocycles. The summed E-state index contributed by atoms with van der Waals surface area (Å²) in [5, 5.41) is 20.8. The summed E-state index contributed by atoms with van der Waals surface area (Å²) in [6, 6.07) is 10.3. The Balaban J connectivity index is 2.15. The van der Waals surface area contributed by atoms with Crippen molar-refractivity contribution in [2.24, 2.45) is 0 Å². The summed E-state index contributed by atoms with van der Waals surface area (Å²) in [5.74, 6) is -1.42. The van der Waals surface area contributed by atoms with Crippen LogP contribution in [0.25, 0.3) is 5.76 Å². The second kappa shape index (κ2) is 8.17. The van der Waals surface area contributed by atoms with Gasteiger partial charge in [-0.15, -0.1) is 0 Å². The molecule has 0 aliphatic carbocycles. The molecule has 6 nitrogen and oxygen atoms in total. The van der Waals surface area contributed by atoms with Crippen LogP contribution in [0.3, 0.4) is 0 Å². The van der Waals surface area contributed by atoms with Gasteiger partial charge in [0.05, 0.1) is 17.7 Å². The van der Waals surface area contributed by atoms with Gasteiger partial charge < -0.3 is 15.1 Å². The molecule has 152 valence electrons. The van der Waals surface area contributed by atoms with Crippen molar-refractivity contribution in [1.29, 1.82) is 0 Å². The Hall–Kier alpha value is -2.99. The SMILES string of the molecule is Cc1ccc(C(O)=C2C(=O)C(=O)N(C[C@H](C)O)[C@H]2c2ccc(C(C)C)cc2)cn1. The Bertz CT molecular complexity index is 944. The molecule has 1 amide bonds. The predicted molar refractivity (Wildman–Crippen MR) is 110 cm³/mol. The number of carbonyl (C=O) groups is 2. The molecule has 1 aliphatic rings. The normalized spacial score (nSPS) is 19.8. The Morgan fingerprint density at radius 1 is 1.10 bits per heavy atom. The Morgan fingerprint density at radius 2 is 1.76 bits per heavy atom. The molecule has 2 atom stereocenters. The van der Waals surface area contributed by atoms with Crippen LogP contribution in [-0.2, 0) is 9.59 Å². The quantitative estimate of drug-likeness (QED) is 0.461. The summed E-state index contributed by atoms with van der Waals surface area (Å²) >= 11 is 0. The topological polar surface area (TPSA) is 90.7 Å². The fourth-order valence-corrected chi connectivity index (χ4v) is 3.53. The molecule has 1 aromatic carbocycles. The van der Waals surface area contributed by atoms with Crippen LogP contribution in [0.4, 0.5) is 0 Å². The third-order valence-electron chi connectivity index (χ3n) is 5.10. The van der Waals surface area contributed by atoms with Crippen molar-refractivity contribution in [3.63, 3.8) is 0 Å². The molecule has 29 heavy (non-hydrogen) atoms. The zero-order valence-corrected chi connectivity index (χ0v) is 17.1. The van der Waals surface area contributed by atoms with Gasteiger partial charge in [0.1, 0.15) is 5.76 Å². The lowest BCUT2D eigenvalue weighted by molar-refractivity contribution is -0.140. The van der Waals surface area contributed by atoms with E-state index >= 15 is 0 Å². The van der Waals surface area contributed by atoms with Crippen LogP contribution in [0.15, 0.2) is 48.2 Å². The first-order chi connectivity index (χ1) is 13.7. The van der Waals surface area contributed by atoms with E-state index in [1.807, 2.05) is 31.2 Å². The van der Waals surface area contributed by atoms with E-state index in [4.69, 9.17) is 0 Å². The fourth-order valence-electron chi connectivity index (χ4n) is 3.53. The van der Waals surface area contributed by atoms with Gasteiger partial charge in [-0.1, -0.05) is 38.1 Å². The number of hydrogen-bond donors (Lipinski definition) is 2. The van der Waals surface area contributed by atoms with Gasteiger partial charge in [-0.25, -0.2) is 0 Å². The van der Waals surface area contributed by atoms with E-state index in [-0.39, 0.29) is 17.9 Å². The van der Waals surface area contributed by atoms with Crippen molar-refractivity contribution in [2.45, 2.75) is 45.8 Å². The first kappa shape index (κ1) is 20.7. The maximum Gasteiger partial charge on any atom is 0.295 e. The number of amides is 1. The van der Waals surface area contributed by atoms with Gasteiger partial charge in [0, 0.05) is 24.0 Å². The largest absolute Gasteiger partial charge is 0.507 e. The summed E-state index contributed by atoms with van der Waals surface area (Å²) < 4.78 is 0. The van der Waals surface area contributed by atoms with E-state index in [0.717, 1.165) is 11.3 Å². The highest BCUT2D eigenvalue weighted by molar-refractivity contribution is 6.46. The van der Waals surface area contributed by atoms with Crippen LogP contribution in [0.1, 0.15) is 55.1 Å². The number of Topliss-reactive ketones (excluding diaryl/α,β-unsaturated/α-hetero) is 1. The second-order valence-electron chi connectivity index (χ2n) is 7.81. The summed E-state index contributed by atoms with van der Waals surface area (Å²) in [7, 11) is 0. The van der Waals surface area contributed by atoms with Crippen LogP contribution in [0.2, 0.25) is 0 Å². The molecule has 1 fully saturated rings. The second-order valence-corrected chi connectivity index (χ2v) is 7.81. The van der Waals surface area contributed by atoms with Crippen molar-refractivity contribution < 1.29 is 19.8 Å². The summed E-state index contributed by atoms with van der Waals surface area (Å²) in [5.41, 5.74) is 2.99. The maximum atomic E-state index is 12.8. The minimum Gasteiger partial charge on any atom is -0.507 e. The number of carbonyl (C=O) groups excluding carboxylic acids is 2.